The maximum Gasteiger partial charge on any atom is 0.236 e. The molecule has 26 heavy (non-hydrogen) atoms. The number of carbonyl (C=O) groups is 1. The van der Waals surface area contributed by atoms with Gasteiger partial charge in [-0.25, -0.2) is 0 Å². The van der Waals surface area contributed by atoms with Crippen LogP contribution in [0.4, 0.5) is 0 Å². The third-order valence-electron chi connectivity index (χ3n) is 3.78. The molecule has 0 radical (unpaired) electrons. The Morgan fingerprint density at radius 2 is 1.50 bits per heavy atom. The van der Waals surface area contributed by atoms with E-state index in [-0.39, 0.29) is 5.78 Å². The first-order valence-electron chi connectivity index (χ1n) is 8.22. The van der Waals surface area contributed by atoms with Gasteiger partial charge in [0.05, 0.1) is 7.11 Å². The minimum absolute atomic E-state index is 0.189. The normalized spacial score (nSPS) is 9.73. The van der Waals surface area contributed by atoms with Crippen molar-refractivity contribution in [2.45, 2.75) is 6.61 Å². The molecule has 0 aliphatic rings. The van der Waals surface area contributed by atoms with Gasteiger partial charge in [-0.05, 0) is 47.9 Å². The molecular weight excluding hydrogens is 324 g/mol. The van der Waals surface area contributed by atoms with Gasteiger partial charge in [0.1, 0.15) is 18.1 Å². The minimum Gasteiger partial charge on any atom is -0.497 e. The molecule has 3 heteroatoms. The van der Waals surface area contributed by atoms with Crippen LogP contribution in [0.1, 0.15) is 21.5 Å². The number of hydrogen-bond donors (Lipinski definition) is 0. The summed E-state index contributed by atoms with van der Waals surface area (Å²) in [6, 6.07) is 24.1. The van der Waals surface area contributed by atoms with Crippen LogP contribution in [0.15, 0.2) is 78.9 Å². The molecule has 3 aromatic carbocycles. The van der Waals surface area contributed by atoms with Crippen molar-refractivity contribution in [2.75, 3.05) is 7.11 Å². The molecule has 0 fully saturated rings. The highest BCUT2D eigenvalue weighted by Gasteiger charge is 2.00. The summed E-state index contributed by atoms with van der Waals surface area (Å²) in [4.78, 5) is 12.0. The first kappa shape index (κ1) is 17.3. The Labute approximate surface area is 153 Å². The molecule has 0 aromatic heterocycles. The molecule has 0 aliphatic heterocycles. The van der Waals surface area contributed by atoms with Crippen LogP contribution in [-0.4, -0.2) is 12.9 Å². The Balaban J connectivity index is 1.58. The second kappa shape index (κ2) is 8.55. The van der Waals surface area contributed by atoms with E-state index >= 15 is 0 Å². The topological polar surface area (TPSA) is 35.5 Å². The van der Waals surface area contributed by atoms with Gasteiger partial charge in [-0.2, -0.15) is 0 Å². The first-order chi connectivity index (χ1) is 12.7. The number of hydrogen-bond acceptors (Lipinski definition) is 3. The van der Waals surface area contributed by atoms with Gasteiger partial charge in [-0.15, -0.1) is 0 Å². The van der Waals surface area contributed by atoms with E-state index in [4.69, 9.17) is 9.47 Å². The highest BCUT2D eigenvalue weighted by molar-refractivity contribution is 6.09. The molecule has 0 unspecified atom stereocenters. The molecule has 0 spiro atoms. The summed E-state index contributed by atoms with van der Waals surface area (Å²) in [6.45, 7) is 0.474. The van der Waals surface area contributed by atoms with Crippen molar-refractivity contribution < 1.29 is 14.3 Å². The number of benzene rings is 3. The summed E-state index contributed by atoms with van der Waals surface area (Å²) < 4.78 is 10.9. The summed E-state index contributed by atoms with van der Waals surface area (Å²) in [5, 5.41) is 0. The SMILES string of the molecule is COc1ccc(COc2ccc(C#CC(=O)c3ccccc3)cc2)cc1. The number of rotatable bonds is 5. The molecule has 128 valence electrons. The Morgan fingerprint density at radius 3 is 2.15 bits per heavy atom. The number of ketones is 1. The molecule has 0 saturated heterocycles. The number of carbonyl (C=O) groups excluding carboxylic acids is 1. The van der Waals surface area contributed by atoms with E-state index in [1.807, 2.05) is 66.7 Å². The van der Waals surface area contributed by atoms with E-state index in [1.54, 1.807) is 19.2 Å². The van der Waals surface area contributed by atoms with E-state index in [9.17, 15) is 4.79 Å². The van der Waals surface area contributed by atoms with Crippen LogP contribution in [0.3, 0.4) is 0 Å². The lowest BCUT2D eigenvalue weighted by Gasteiger charge is -2.07. The van der Waals surface area contributed by atoms with E-state index < -0.39 is 0 Å². The molecule has 0 atom stereocenters. The summed E-state index contributed by atoms with van der Waals surface area (Å²) in [6.07, 6.45) is 0. The monoisotopic (exact) mass is 342 g/mol. The van der Waals surface area contributed by atoms with Gasteiger partial charge in [0.2, 0.25) is 5.78 Å². The summed E-state index contributed by atoms with van der Waals surface area (Å²) in [7, 11) is 1.64. The van der Waals surface area contributed by atoms with Gasteiger partial charge in [0, 0.05) is 11.1 Å². The van der Waals surface area contributed by atoms with Crippen LogP contribution in [-0.2, 0) is 6.61 Å². The second-order valence-electron chi connectivity index (χ2n) is 5.61. The largest absolute Gasteiger partial charge is 0.497 e. The van der Waals surface area contributed by atoms with Gasteiger partial charge >= 0.3 is 0 Å². The molecule has 0 N–H and O–H groups in total. The van der Waals surface area contributed by atoms with Crippen molar-refractivity contribution in [1.82, 2.24) is 0 Å². The molecule has 0 heterocycles. The molecule has 0 bridgehead atoms. The van der Waals surface area contributed by atoms with Crippen molar-refractivity contribution in [3.8, 4) is 23.3 Å². The van der Waals surface area contributed by atoms with Crippen LogP contribution >= 0.6 is 0 Å². The standard InChI is InChI=1S/C23H18O3/c1-25-21-12-9-19(10-13-21)17-26-22-14-7-18(8-15-22)11-16-23(24)20-5-3-2-4-6-20/h2-10,12-15H,17H2,1H3. The van der Waals surface area contributed by atoms with E-state index in [0.29, 0.717) is 12.2 Å². The predicted molar refractivity (Wildman–Crippen MR) is 101 cm³/mol. The van der Waals surface area contributed by atoms with Crippen LogP contribution in [0.5, 0.6) is 11.5 Å². The van der Waals surface area contributed by atoms with Gasteiger partial charge in [0.15, 0.2) is 0 Å². The molecule has 0 aliphatic carbocycles. The zero-order valence-corrected chi connectivity index (χ0v) is 14.4. The fourth-order valence-corrected chi connectivity index (χ4v) is 2.31. The Hall–Kier alpha value is -3.51. The van der Waals surface area contributed by atoms with E-state index in [0.717, 1.165) is 22.6 Å². The number of methoxy groups -OCH3 is 1. The van der Waals surface area contributed by atoms with Crippen LogP contribution in [0.2, 0.25) is 0 Å². The van der Waals surface area contributed by atoms with Crippen LogP contribution in [0, 0.1) is 11.8 Å². The Kier molecular flexibility index (Phi) is 5.69. The lowest BCUT2D eigenvalue weighted by Crippen LogP contribution is -1.95. The first-order valence-corrected chi connectivity index (χ1v) is 8.22. The Bertz CT molecular complexity index is 915. The fraction of sp³-hybridized carbons (Fsp3) is 0.0870. The van der Waals surface area contributed by atoms with Crippen molar-refractivity contribution in [3.05, 3.63) is 95.6 Å². The van der Waals surface area contributed by atoms with Gasteiger partial charge in [-0.3, -0.25) is 4.79 Å². The van der Waals surface area contributed by atoms with Crippen molar-refractivity contribution >= 4 is 5.78 Å². The molecule has 3 rings (SSSR count). The molecule has 3 nitrogen and oxygen atoms in total. The van der Waals surface area contributed by atoms with Gasteiger partial charge in [-0.1, -0.05) is 48.4 Å². The van der Waals surface area contributed by atoms with E-state index in [1.165, 1.54) is 0 Å². The van der Waals surface area contributed by atoms with Gasteiger partial charge < -0.3 is 9.47 Å². The zero-order chi connectivity index (χ0) is 18.2. The predicted octanol–water partition coefficient (Wildman–Crippen LogP) is 4.51. The molecule has 0 saturated carbocycles. The maximum atomic E-state index is 12.0. The third-order valence-corrected chi connectivity index (χ3v) is 3.78. The average Bonchev–Trinajstić information content (AvgIpc) is 2.72. The Morgan fingerprint density at radius 1 is 0.846 bits per heavy atom. The second-order valence-corrected chi connectivity index (χ2v) is 5.61. The molecule has 3 aromatic rings. The van der Waals surface area contributed by atoms with Gasteiger partial charge in [0.25, 0.3) is 0 Å². The highest BCUT2D eigenvalue weighted by atomic mass is 16.5. The smallest absolute Gasteiger partial charge is 0.236 e. The molecular formula is C23H18O3. The summed E-state index contributed by atoms with van der Waals surface area (Å²) >= 11 is 0. The van der Waals surface area contributed by atoms with E-state index in [2.05, 4.69) is 11.8 Å². The van der Waals surface area contributed by atoms with Crippen LogP contribution < -0.4 is 9.47 Å². The summed E-state index contributed by atoms with van der Waals surface area (Å²) in [5.74, 6) is 6.93. The number of ether oxygens (including phenoxy) is 2. The van der Waals surface area contributed by atoms with Crippen molar-refractivity contribution in [2.24, 2.45) is 0 Å². The fourth-order valence-electron chi connectivity index (χ4n) is 2.31. The quantitative estimate of drug-likeness (QED) is 0.505. The highest BCUT2D eigenvalue weighted by Crippen LogP contribution is 2.16. The van der Waals surface area contributed by atoms with Crippen molar-refractivity contribution in [1.29, 1.82) is 0 Å². The lowest BCUT2D eigenvalue weighted by atomic mass is 10.1. The average molecular weight is 342 g/mol. The molecule has 0 amide bonds. The maximum absolute atomic E-state index is 12.0. The minimum atomic E-state index is -0.189. The van der Waals surface area contributed by atoms with Crippen molar-refractivity contribution in [3.63, 3.8) is 0 Å². The lowest BCUT2D eigenvalue weighted by molar-refractivity contribution is 0.105. The number of Topliss-reactive ketones (excluding diaryl/α,β-unsaturated/α-hetero) is 1. The summed E-state index contributed by atoms with van der Waals surface area (Å²) in [5.41, 5.74) is 2.42. The third kappa shape index (κ3) is 4.75. The van der Waals surface area contributed by atoms with Crippen LogP contribution in [0.25, 0.3) is 0 Å². The zero-order valence-electron chi connectivity index (χ0n) is 14.4.